The van der Waals surface area contributed by atoms with E-state index in [-0.39, 0.29) is 0 Å². The standard InChI is InChI=1S/C17H29NS/c1-5-17(10-6-7-11-17)13-18-12-14-8-9-15(19-14)16(2,3)4/h8-9,18H,5-7,10-13H2,1-4H3. The molecule has 0 aromatic carbocycles. The van der Waals surface area contributed by atoms with Crippen LogP contribution >= 0.6 is 11.3 Å². The zero-order valence-electron chi connectivity index (χ0n) is 13.0. The molecule has 1 fully saturated rings. The highest BCUT2D eigenvalue weighted by Crippen LogP contribution is 2.40. The SMILES string of the molecule is CCC1(CNCc2ccc(C(C)(C)C)s2)CCCC1. The van der Waals surface area contributed by atoms with Crippen molar-refractivity contribution in [2.45, 2.75) is 71.8 Å². The highest BCUT2D eigenvalue weighted by atomic mass is 32.1. The molecule has 1 aliphatic rings. The monoisotopic (exact) mass is 279 g/mol. The molecule has 0 amide bonds. The Morgan fingerprint density at radius 2 is 1.89 bits per heavy atom. The first-order valence-corrected chi connectivity index (χ1v) is 8.57. The Morgan fingerprint density at radius 3 is 2.42 bits per heavy atom. The molecular weight excluding hydrogens is 250 g/mol. The van der Waals surface area contributed by atoms with Crippen LogP contribution in [0.3, 0.4) is 0 Å². The van der Waals surface area contributed by atoms with E-state index < -0.39 is 0 Å². The predicted octanol–water partition coefficient (Wildman–Crippen LogP) is 5.11. The van der Waals surface area contributed by atoms with Crippen LogP contribution in [0, 0.1) is 5.41 Å². The third-order valence-electron chi connectivity index (χ3n) is 4.61. The van der Waals surface area contributed by atoms with Gasteiger partial charge in [-0.1, -0.05) is 40.5 Å². The van der Waals surface area contributed by atoms with Gasteiger partial charge in [-0.3, -0.25) is 0 Å². The van der Waals surface area contributed by atoms with E-state index in [9.17, 15) is 0 Å². The Bertz CT molecular complexity index is 394. The summed E-state index contributed by atoms with van der Waals surface area (Å²) in [6.45, 7) is 11.5. The molecule has 0 spiro atoms. The molecule has 1 aromatic rings. The summed E-state index contributed by atoms with van der Waals surface area (Å²) in [5.74, 6) is 0. The first-order chi connectivity index (χ1) is 8.95. The number of rotatable bonds is 5. The summed E-state index contributed by atoms with van der Waals surface area (Å²) in [4.78, 5) is 2.98. The highest BCUT2D eigenvalue weighted by Gasteiger charge is 2.31. The van der Waals surface area contributed by atoms with Crippen LogP contribution in [-0.4, -0.2) is 6.54 Å². The number of hydrogen-bond acceptors (Lipinski definition) is 2. The molecule has 1 heterocycles. The van der Waals surface area contributed by atoms with Crippen LogP contribution in [0.25, 0.3) is 0 Å². The lowest BCUT2D eigenvalue weighted by Gasteiger charge is -2.27. The lowest BCUT2D eigenvalue weighted by Crippen LogP contribution is -2.31. The van der Waals surface area contributed by atoms with Gasteiger partial charge in [0.15, 0.2) is 0 Å². The molecule has 0 aliphatic heterocycles. The molecule has 1 nitrogen and oxygen atoms in total. The quantitative estimate of drug-likeness (QED) is 0.790. The zero-order chi connectivity index (χ0) is 13.9. The van der Waals surface area contributed by atoms with Gasteiger partial charge in [-0.15, -0.1) is 11.3 Å². The Hall–Kier alpha value is -0.340. The fourth-order valence-corrected chi connectivity index (χ4v) is 4.14. The van der Waals surface area contributed by atoms with Gasteiger partial charge < -0.3 is 5.32 Å². The van der Waals surface area contributed by atoms with E-state index in [1.807, 2.05) is 11.3 Å². The average molecular weight is 279 g/mol. The maximum Gasteiger partial charge on any atom is 0.0300 e. The molecule has 2 heteroatoms. The Balaban J connectivity index is 1.84. The summed E-state index contributed by atoms with van der Waals surface area (Å²) in [5.41, 5.74) is 0.892. The van der Waals surface area contributed by atoms with Crippen molar-refractivity contribution in [3.63, 3.8) is 0 Å². The Kier molecular flexibility index (Phi) is 4.73. The van der Waals surface area contributed by atoms with E-state index in [2.05, 4.69) is 45.1 Å². The molecule has 0 atom stereocenters. The first-order valence-electron chi connectivity index (χ1n) is 7.75. The Labute approximate surface area is 122 Å². The first kappa shape index (κ1) is 15.1. The predicted molar refractivity (Wildman–Crippen MR) is 85.9 cm³/mol. The van der Waals surface area contributed by atoms with Crippen LogP contribution in [-0.2, 0) is 12.0 Å². The van der Waals surface area contributed by atoms with Gasteiger partial charge in [0.25, 0.3) is 0 Å². The minimum absolute atomic E-state index is 0.291. The van der Waals surface area contributed by atoms with Gasteiger partial charge in [0, 0.05) is 22.8 Å². The molecule has 1 saturated carbocycles. The normalized spacial score (nSPS) is 18.9. The van der Waals surface area contributed by atoms with Crippen molar-refractivity contribution in [2.75, 3.05) is 6.54 Å². The number of hydrogen-bond donors (Lipinski definition) is 1. The van der Waals surface area contributed by atoms with Crippen LogP contribution in [0.4, 0.5) is 0 Å². The van der Waals surface area contributed by atoms with E-state index in [1.54, 1.807) is 0 Å². The summed E-state index contributed by atoms with van der Waals surface area (Å²) in [5, 5.41) is 3.71. The summed E-state index contributed by atoms with van der Waals surface area (Å²) < 4.78 is 0. The second-order valence-corrected chi connectivity index (χ2v) is 8.35. The Morgan fingerprint density at radius 1 is 1.21 bits per heavy atom. The molecule has 0 radical (unpaired) electrons. The molecule has 1 aromatic heterocycles. The number of nitrogens with one attached hydrogen (secondary N) is 1. The van der Waals surface area contributed by atoms with E-state index >= 15 is 0 Å². The molecule has 0 unspecified atom stereocenters. The average Bonchev–Trinajstić information content (AvgIpc) is 2.97. The molecule has 19 heavy (non-hydrogen) atoms. The maximum absolute atomic E-state index is 3.71. The molecule has 0 bridgehead atoms. The second-order valence-electron chi connectivity index (χ2n) is 7.18. The maximum atomic E-state index is 3.71. The van der Waals surface area contributed by atoms with Crippen LogP contribution in [0.15, 0.2) is 12.1 Å². The van der Waals surface area contributed by atoms with Crippen molar-refractivity contribution in [3.05, 3.63) is 21.9 Å². The van der Waals surface area contributed by atoms with Crippen molar-refractivity contribution in [1.29, 1.82) is 0 Å². The van der Waals surface area contributed by atoms with Crippen molar-refractivity contribution < 1.29 is 0 Å². The summed E-state index contributed by atoms with van der Waals surface area (Å²) in [6.07, 6.45) is 7.05. The summed E-state index contributed by atoms with van der Waals surface area (Å²) >= 11 is 1.97. The highest BCUT2D eigenvalue weighted by molar-refractivity contribution is 7.12. The van der Waals surface area contributed by atoms with Gasteiger partial charge in [0.05, 0.1) is 0 Å². The molecule has 2 rings (SSSR count). The van der Waals surface area contributed by atoms with Gasteiger partial charge in [-0.25, -0.2) is 0 Å². The van der Waals surface area contributed by atoms with Crippen molar-refractivity contribution in [2.24, 2.45) is 5.41 Å². The fraction of sp³-hybridized carbons (Fsp3) is 0.765. The molecule has 0 saturated heterocycles. The van der Waals surface area contributed by atoms with Crippen molar-refractivity contribution in [1.82, 2.24) is 5.32 Å². The lowest BCUT2D eigenvalue weighted by atomic mass is 9.83. The minimum atomic E-state index is 0.291. The second kappa shape index (κ2) is 5.97. The summed E-state index contributed by atoms with van der Waals surface area (Å²) in [6, 6.07) is 4.60. The lowest BCUT2D eigenvalue weighted by molar-refractivity contribution is 0.268. The van der Waals surface area contributed by atoms with E-state index in [1.165, 1.54) is 48.4 Å². The van der Waals surface area contributed by atoms with E-state index in [0.29, 0.717) is 10.8 Å². The van der Waals surface area contributed by atoms with Crippen LogP contribution < -0.4 is 5.32 Å². The van der Waals surface area contributed by atoms with Gasteiger partial charge >= 0.3 is 0 Å². The van der Waals surface area contributed by atoms with Gasteiger partial charge in [0.2, 0.25) is 0 Å². The fourth-order valence-electron chi connectivity index (χ4n) is 3.11. The van der Waals surface area contributed by atoms with Crippen LogP contribution in [0.5, 0.6) is 0 Å². The smallest absolute Gasteiger partial charge is 0.0300 e. The zero-order valence-corrected chi connectivity index (χ0v) is 13.8. The van der Waals surface area contributed by atoms with E-state index in [0.717, 1.165) is 6.54 Å². The van der Waals surface area contributed by atoms with Crippen molar-refractivity contribution >= 4 is 11.3 Å². The molecular formula is C17H29NS. The van der Waals surface area contributed by atoms with Crippen LogP contribution in [0.1, 0.15) is 69.6 Å². The minimum Gasteiger partial charge on any atom is -0.311 e. The third-order valence-corrected chi connectivity index (χ3v) is 6.13. The molecule has 1 N–H and O–H groups in total. The van der Waals surface area contributed by atoms with Crippen molar-refractivity contribution in [3.8, 4) is 0 Å². The summed E-state index contributed by atoms with van der Waals surface area (Å²) in [7, 11) is 0. The molecule has 1 aliphatic carbocycles. The van der Waals surface area contributed by atoms with Gasteiger partial charge in [0.1, 0.15) is 0 Å². The van der Waals surface area contributed by atoms with Gasteiger partial charge in [-0.05, 0) is 42.2 Å². The largest absolute Gasteiger partial charge is 0.311 e. The van der Waals surface area contributed by atoms with Crippen LogP contribution in [0.2, 0.25) is 0 Å². The third kappa shape index (κ3) is 3.82. The number of thiophene rings is 1. The topological polar surface area (TPSA) is 12.0 Å². The van der Waals surface area contributed by atoms with Gasteiger partial charge in [-0.2, -0.15) is 0 Å². The molecule has 108 valence electrons. The van der Waals surface area contributed by atoms with E-state index in [4.69, 9.17) is 0 Å².